The number of aromatic amines is 1. The lowest BCUT2D eigenvalue weighted by Crippen LogP contribution is -2.26. The zero-order valence-corrected chi connectivity index (χ0v) is 18.7. The number of nitrogens with zero attached hydrogens (tertiary/aromatic N) is 1. The molecule has 0 saturated carbocycles. The maximum atomic E-state index is 14.0. The number of nitrogens with one attached hydrogen (secondary N) is 2. The van der Waals surface area contributed by atoms with Crippen molar-refractivity contribution in [3.05, 3.63) is 90.0 Å². The summed E-state index contributed by atoms with van der Waals surface area (Å²) in [4.78, 5) is 20.6. The van der Waals surface area contributed by atoms with Gasteiger partial charge in [0.1, 0.15) is 5.69 Å². The van der Waals surface area contributed by atoms with E-state index in [4.69, 9.17) is 0 Å². The number of benzene rings is 3. The lowest BCUT2D eigenvalue weighted by Gasteiger charge is -2.14. The molecule has 0 fully saturated rings. The molecule has 3 aromatic carbocycles. The summed E-state index contributed by atoms with van der Waals surface area (Å²) in [5, 5.41) is 1.55. The molecule has 4 aromatic rings. The largest absolute Gasteiger partial charge is 0.332 e. The minimum absolute atomic E-state index is 0.0887. The molecule has 4 rings (SSSR count). The molecule has 1 amide bonds. The molecule has 34 heavy (non-hydrogen) atoms. The van der Waals surface area contributed by atoms with Gasteiger partial charge in [-0.15, -0.1) is 0 Å². The number of hydrogen-bond acceptors (Lipinski definition) is 3. The summed E-state index contributed by atoms with van der Waals surface area (Å²) in [6.07, 6.45) is 0.263. The van der Waals surface area contributed by atoms with Crippen LogP contribution in [0.25, 0.3) is 22.5 Å². The number of aromatic nitrogens is 2. The van der Waals surface area contributed by atoms with E-state index in [1.54, 1.807) is 6.92 Å². The predicted octanol–water partition coefficient (Wildman–Crippen LogP) is 6.81. The van der Waals surface area contributed by atoms with Gasteiger partial charge in [0.25, 0.3) is 0 Å². The van der Waals surface area contributed by atoms with Crippen molar-refractivity contribution in [3.63, 3.8) is 0 Å². The third kappa shape index (κ3) is 4.84. The Morgan fingerprint density at radius 1 is 0.941 bits per heavy atom. The van der Waals surface area contributed by atoms with Gasteiger partial charge in [-0.05, 0) is 6.42 Å². The minimum Gasteiger partial charge on any atom is -0.332 e. The Bertz CT molecular complexity index is 1230. The molecular weight excluding hydrogens is 466 g/mol. The molecule has 4 nitrogen and oxygen atoms in total. The Morgan fingerprint density at radius 3 is 2.06 bits per heavy atom. The third-order valence-corrected chi connectivity index (χ3v) is 6.32. The van der Waals surface area contributed by atoms with Crippen molar-refractivity contribution < 1.29 is 22.4 Å². The topological polar surface area (TPSA) is 57.8 Å². The Balaban J connectivity index is 1.64. The maximum Gasteiger partial charge on any atom is 0.238 e. The SMILES string of the molecule is CCC(Sc1nc(-c2ccccc2)c(-c2ccccc2)[nH]1)C(=O)Nc1c(F)c(F)cc(F)c1F. The summed E-state index contributed by atoms with van der Waals surface area (Å²) < 4.78 is 55.0. The predicted molar refractivity (Wildman–Crippen MR) is 124 cm³/mol. The second-order valence-corrected chi connectivity index (χ2v) is 8.54. The van der Waals surface area contributed by atoms with Crippen LogP contribution in [0.2, 0.25) is 0 Å². The second-order valence-electron chi connectivity index (χ2n) is 7.34. The molecule has 0 spiro atoms. The summed E-state index contributed by atoms with van der Waals surface area (Å²) in [7, 11) is 0. The Labute approximate surface area is 197 Å². The van der Waals surface area contributed by atoms with Gasteiger partial charge in [0.2, 0.25) is 5.91 Å². The molecule has 1 atom stereocenters. The van der Waals surface area contributed by atoms with Crippen LogP contribution >= 0.6 is 11.8 Å². The fourth-order valence-electron chi connectivity index (χ4n) is 3.37. The number of thioether (sulfide) groups is 1. The first kappa shape index (κ1) is 23.6. The summed E-state index contributed by atoms with van der Waals surface area (Å²) in [5.41, 5.74) is 2.01. The molecule has 2 N–H and O–H groups in total. The molecule has 0 aliphatic heterocycles. The quantitative estimate of drug-likeness (QED) is 0.172. The van der Waals surface area contributed by atoms with Gasteiger partial charge in [-0.25, -0.2) is 22.5 Å². The summed E-state index contributed by atoms with van der Waals surface area (Å²) in [5.74, 6) is -7.33. The lowest BCUT2D eigenvalue weighted by molar-refractivity contribution is -0.115. The molecular formula is C25H19F4N3OS. The first-order valence-electron chi connectivity index (χ1n) is 10.4. The zero-order chi connectivity index (χ0) is 24.2. The molecule has 1 heterocycles. The van der Waals surface area contributed by atoms with E-state index in [0.29, 0.717) is 10.9 Å². The number of H-pyrrole nitrogens is 1. The number of imidazole rings is 1. The number of amides is 1. The van der Waals surface area contributed by atoms with E-state index in [2.05, 4.69) is 9.97 Å². The summed E-state index contributed by atoms with van der Waals surface area (Å²) in [6.45, 7) is 1.70. The van der Waals surface area contributed by atoms with Crippen LogP contribution in [-0.2, 0) is 4.79 Å². The number of anilines is 1. The van der Waals surface area contributed by atoms with E-state index in [1.807, 2.05) is 66.0 Å². The van der Waals surface area contributed by atoms with Gasteiger partial charge in [0.15, 0.2) is 28.4 Å². The van der Waals surface area contributed by atoms with E-state index in [0.717, 1.165) is 28.6 Å². The van der Waals surface area contributed by atoms with Crippen LogP contribution in [-0.4, -0.2) is 21.1 Å². The number of hydrogen-bond donors (Lipinski definition) is 2. The van der Waals surface area contributed by atoms with Gasteiger partial charge >= 0.3 is 0 Å². The highest BCUT2D eigenvalue weighted by atomic mass is 32.2. The Kier molecular flexibility index (Phi) is 7.02. The van der Waals surface area contributed by atoms with Gasteiger partial charge in [0, 0.05) is 17.2 Å². The molecule has 1 aromatic heterocycles. The Hall–Kier alpha value is -3.59. The van der Waals surface area contributed by atoms with Crippen molar-refractivity contribution in [1.82, 2.24) is 9.97 Å². The third-order valence-electron chi connectivity index (χ3n) is 5.07. The highest BCUT2D eigenvalue weighted by molar-refractivity contribution is 8.00. The average molecular weight is 486 g/mol. The van der Waals surface area contributed by atoms with Gasteiger partial charge in [-0.1, -0.05) is 79.3 Å². The molecule has 0 radical (unpaired) electrons. The van der Waals surface area contributed by atoms with E-state index in [1.165, 1.54) is 0 Å². The van der Waals surface area contributed by atoms with Gasteiger partial charge in [-0.2, -0.15) is 0 Å². The fourth-order valence-corrected chi connectivity index (χ4v) is 4.28. The van der Waals surface area contributed by atoms with E-state index in [9.17, 15) is 22.4 Å². The van der Waals surface area contributed by atoms with Crippen molar-refractivity contribution in [1.29, 1.82) is 0 Å². The van der Waals surface area contributed by atoms with E-state index in [-0.39, 0.29) is 12.5 Å². The Morgan fingerprint density at radius 2 is 1.50 bits per heavy atom. The van der Waals surface area contributed by atoms with Crippen molar-refractivity contribution in [2.24, 2.45) is 0 Å². The zero-order valence-electron chi connectivity index (χ0n) is 17.9. The first-order chi connectivity index (χ1) is 16.4. The van der Waals surface area contributed by atoms with Crippen LogP contribution in [0.3, 0.4) is 0 Å². The van der Waals surface area contributed by atoms with Crippen LogP contribution < -0.4 is 5.32 Å². The average Bonchev–Trinajstić information content (AvgIpc) is 3.29. The van der Waals surface area contributed by atoms with Gasteiger partial charge in [-0.3, -0.25) is 4.79 Å². The normalized spacial score (nSPS) is 11.9. The number of carbonyl (C=O) groups excluding carboxylic acids is 1. The van der Waals surface area contributed by atoms with Crippen LogP contribution in [0.15, 0.2) is 71.9 Å². The molecule has 0 saturated heterocycles. The first-order valence-corrected chi connectivity index (χ1v) is 11.3. The van der Waals surface area contributed by atoms with Crippen molar-refractivity contribution >= 4 is 23.4 Å². The fraction of sp³-hybridized carbons (Fsp3) is 0.120. The summed E-state index contributed by atoms with van der Waals surface area (Å²) >= 11 is 1.05. The van der Waals surface area contributed by atoms with Crippen LogP contribution in [0.1, 0.15) is 13.3 Å². The molecule has 0 aliphatic rings. The standard InChI is InChI=1S/C25H19F4N3OS/c1-2-18(24(33)30-23-19(28)16(26)13-17(27)20(23)29)34-25-31-21(14-9-5-3-6-10-14)22(32-25)15-11-7-4-8-12-15/h3-13,18H,2H2,1H3,(H,30,33)(H,31,32). The van der Waals surface area contributed by atoms with Crippen molar-refractivity contribution in [3.8, 4) is 22.5 Å². The van der Waals surface area contributed by atoms with Crippen molar-refractivity contribution in [2.75, 3.05) is 5.32 Å². The maximum absolute atomic E-state index is 14.0. The van der Waals surface area contributed by atoms with Gasteiger partial charge in [0.05, 0.1) is 16.6 Å². The molecule has 9 heteroatoms. The van der Waals surface area contributed by atoms with Gasteiger partial charge < -0.3 is 10.3 Å². The summed E-state index contributed by atoms with van der Waals surface area (Å²) in [6, 6.07) is 19.1. The van der Waals surface area contributed by atoms with E-state index >= 15 is 0 Å². The molecule has 0 bridgehead atoms. The number of carbonyl (C=O) groups is 1. The molecule has 0 aliphatic carbocycles. The molecule has 1 unspecified atom stereocenters. The van der Waals surface area contributed by atoms with Crippen LogP contribution in [0.5, 0.6) is 0 Å². The lowest BCUT2D eigenvalue weighted by atomic mass is 10.1. The second kappa shape index (κ2) is 10.1. The highest BCUT2D eigenvalue weighted by Gasteiger charge is 2.26. The van der Waals surface area contributed by atoms with Crippen LogP contribution in [0, 0.1) is 23.3 Å². The van der Waals surface area contributed by atoms with Crippen molar-refractivity contribution in [2.45, 2.75) is 23.8 Å². The number of rotatable bonds is 7. The van der Waals surface area contributed by atoms with Crippen LogP contribution in [0.4, 0.5) is 23.2 Å². The molecule has 174 valence electrons. The monoisotopic (exact) mass is 485 g/mol. The minimum atomic E-state index is -1.66. The smallest absolute Gasteiger partial charge is 0.238 e. The number of halogens is 4. The highest BCUT2D eigenvalue weighted by Crippen LogP contribution is 2.35. The van der Waals surface area contributed by atoms with E-state index < -0.39 is 40.1 Å².